The van der Waals surface area contributed by atoms with Gasteiger partial charge in [0.2, 0.25) is 6.79 Å². The van der Waals surface area contributed by atoms with Crippen molar-refractivity contribution in [2.24, 2.45) is 4.99 Å². The first-order chi connectivity index (χ1) is 14.8. The minimum absolute atomic E-state index is 0. The molecule has 2 heterocycles. The van der Waals surface area contributed by atoms with Crippen LogP contribution in [-0.2, 0) is 6.54 Å². The summed E-state index contributed by atoms with van der Waals surface area (Å²) in [6.45, 7) is 3.95. The van der Waals surface area contributed by atoms with Crippen molar-refractivity contribution in [3.8, 4) is 17.2 Å². The highest BCUT2D eigenvalue weighted by molar-refractivity contribution is 14.0. The second-order valence-corrected chi connectivity index (χ2v) is 7.53. The Morgan fingerprint density at radius 2 is 1.90 bits per heavy atom. The van der Waals surface area contributed by atoms with E-state index in [1.54, 1.807) is 14.2 Å². The second-order valence-electron chi connectivity index (χ2n) is 7.53. The largest absolute Gasteiger partial charge is 0.497 e. The van der Waals surface area contributed by atoms with Crippen molar-refractivity contribution >= 4 is 29.9 Å². The highest BCUT2D eigenvalue weighted by Gasteiger charge is 2.24. The van der Waals surface area contributed by atoms with E-state index in [-0.39, 0.29) is 36.8 Å². The van der Waals surface area contributed by atoms with Gasteiger partial charge in [0.05, 0.1) is 13.2 Å². The molecule has 2 aliphatic heterocycles. The number of likely N-dealkylation sites (tertiary alicyclic amines) is 1. The van der Waals surface area contributed by atoms with Crippen molar-refractivity contribution in [1.29, 1.82) is 0 Å². The van der Waals surface area contributed by atoms with E-state index in [2.05, 4.69) is 38.7 Å². The summed E-state index contributed by atoms with van der Waals surface area (Å²) in [5, 5.41) is 6.90. The maximum Gasteiger partial charge on any atom is 0.231 e. The third-order valence-electron chi connectivity index (χ3n) is 5.64. The van der Waals surface area contributed by atoms with Gasteiger partial charge in [0.15, 0.2) is 17.5 Å². The number of fused-ring (bicyclic) bond motifs is 1. The Morgan fingerprint density at radius 3 is 2.68 bits per heavy atom. The van der Waals surface area contributed by atoms with Crippen LogP contribution < -0.4 is 24.8 Å². The molecule has 168 valence electrons. The van der Waals surface area contributed by atoms with E-state index in [0.717, 1.165) is 48.4 Å². The average molecular weight is 538 g/mol. The fraction of sp³-hybridized carbons (Fsp3) is 0.435. The molecule has 0 bridgehead atoms. The smallest absolute Gasteiger partial charge is 0.231 e. The lowest BCUT2D eigenvalue weighted by Crippen LogP contribution is -2.42. The SMILES string of the molecule is CN=C(NCc1ccc2c(c1)OCO2)NCC(c1cccc(OC)c1)N1CCCC1.I. The van der Waals surface area contributed by atoms with E-state index in [4.69, 9.17) is 14.2 Å². The number of ether oxygens (including phenoxy) is 3. The predicted molar refractivity (Wildman–Crippen MR) is 133 cm³/mol. The molecule has 1 unspecified atom stereocenters. The number of methoxy groups -OCH3 is 1. The molecular formula is C23H31IN4O3. The Bertz CT molecular complexity index is 887. The van der Waals surface area contributed by atoms with Gasteiger partial charge >= 0.3 is 0 Å². The first-order valence-electron chi connectivity index (χ1n) is 10.5. The van der Waals surface area contributed by atoms with Crippen molar-refractivity contribution in [3.05, 3.63) is 53.6 Å². The van der Waals surface area contributed by atoms with E-state index in [0.29, 0.717) is 6.54 Å². The normalized spacial score (nSPS) is 16.5. The number of nitrogens with one attached hydrogen (secondary N) is 2. The number of halogens is 1. The highest BCUT2D eigenvalue weighted by Crippen LogP contribution is 2.32. The Kier molecular flexibility index (Phi) is 8.65. The first-order valence-corrected chi connectivity index (χ1v) is 10.5. The summed E-state index contributed by atoms with van der Waals surface area (Å²) in [4.78, 5) is 6.93. The second kappa shape index (κ2) is 11.4. The van der Waals surface area contributed by atoms with Gasteiger partial charge in [-0.3, -0.25) is 9.89 Å². The summed E-state index contributed by atoms with van der Waals surface area (Å²) < 4.78 is 16.3. The third-order valence-corrected chi connectivity index (χ3v) is 5.64. The molecule has 1 atom stereocenters. The van der Waals surface area contributed by atoms with Crippen molar-refractivity contribution < 1.29 is 14.2 Å². The molecule has 2 aliphatic rings. The molecule has 0 aliphatic carbocycles. The van der Waals surface area contributed by atoms with Crippen LogP contribution in [0.15, 0.2) is 47.5 Å². The van der Waals surface area contributed by atoms with Gasteiger partial charge in [-0.25, -0.2) is 0 Å². The number of hydrogen-bond acceptors (Lipinski definition) is 5. The molecule has 2 aromatic rings. The highest BCUT2D eigenvalue weighted by atomic mass is 127. The number of aliphatic imine (C=N–C) groups is 1. The molecule has 31 heavy (non-hydrogen) atoms. The molecule has 0 aromatic heterocycles. The van der Waals surface area contributed by atoms with E-state index < -0.39 is 0 Å². The molecule has 8 heteroatoms. The maximum absolute atomic E-state index is 5.46. The van der Waals surface area contributed by atoms with E-state index in [9.17, 15) is 0 Å². The van der Waals surface area contributed by atoms with Crippen LogP contribution in [0.4, 0.5) is 0 Å². The molecule has 0 amide bonds. The first kappa shape index (κ1) is 23.5. The summed E-state index contributed by atoms with van der Waals surface area (Å²) in [6, 6.07) is 14.6. The van der Waals surface area contributed by atoms with Gasteiger partial charge in [0.25, 0.3) is 0 Å². The van der Waals surface area contributed by atoms with Crippen LogP contribution in [0.25, 0.3) is 0 Å². The number of hydrogen-bond donors (Lipinski definition) is 2. The summed E-state index contributed by atoms with van der Waals surface area (Å²) in [7, 11) is 3.51. The van der Waals surface area contributed by atoms with E-state index in [1.165, 1.54) is 18.4 Å². The van der Waals surface area contributed by atoms with Crippen molar-refractivity contribution in [2.45, 2.75) is 25.4 Å². The number of guanidine groups is 1. The predicted octanol–water partition coefficient (Wildman–Crippen LogP) is 3.54. The van der Waals surface area contributed by atoms with Crippen LogP contribution in [0, 0.1) is 0 Å². The Morgan fingerprint density at radius 1 is 1.10 bits per heavy atom. The average Bonchev–Trinajstić information content (AvgIpc) is 3.48. The zero-order valence-corrected chi connectivity index (χ0v) is 20.4. The molecule has 4 rings (SSSR count). The van der Waals surface area contributed by atoms with Gasteiger partial charge in [-0.2, -0.15) is 0 Å². The number of benzene rings is 2. The van der Waals surface area contributed by atoms with Gasteiger partial charge < -0.3 is 24.8 Å². The molecule has 2 N–H and O–H groups in total. The van der Waals surface area contributed by atoms with Crippen LogP contribution in [0.3, 0.4) is 0 Å². The standard InChI is InChI=1S/C23H30N4O3.HI/c1-24-23(25-14-17-8-9-21-22(12-17)30-16-29-21)26-15-20(27-10-3-4-11-27)18-6-5-7-19(13-18)28-2;/h5-9,12-13,20H,3-4,10-11,14-16H2,1-2H3,(H2,24,25,26);1H. The topological polar surface area (TPSA) is 67.4 Å². The van der Waals surface area contributed by atoms with Gasteiger partial charge in [0, 0.05) is 20.1 Å². The lowest BCUT2D eigenvalue weighted by Gasteiger charge is -2.29. The van der Waals surface area contributed by atoms with Gasteiger partial charge in [-0.1, -0.05) is 18.2 Å². The van der Waals surface area contributed by atoms with Gasteiger partial charge in [-0.05, 0) is 61.3 Å². The molecule has 2 aromatic carbocycles. The Hall–Kier alpha value is -2.20. The lowest BCUT2D eigenvalue weighted by atomic mass is 10.1. The summed E-state index contributed by atoms with van der Waals surface area (Å²) in [6.07, 6.45) is 2.50. The molecule has 0 radical (unpaired) electrons. The molecule has 7 nitrogen and oxygen atoms in total. The Balaban J connectivity index is 0.00000272. The number of rotatable bonds is 7. The maximum atomic E-state index is 5.46. The van der Waals surface area contributed by atoms with Crippen LogP contribution >= 0.6 is 24.0 Å². The van der Waals surface area contributed by atoms with E-state index in [1.807, 2.05) is 24.3 Å². The van der Waals surface area contributed by atoms with Crippen LogP contribution in [-0.4, -0.2) is 51.4 Å². The molecule has 1 fully saturated rings. The van der Waals surface area contributed by atoms with Gasteiger partial charge in [0.1, 0.15) is 5.75 Å². The molecule has 0 saturated carbocycles. The van der Waals surface area contributed by atoms with Crippen LogP contribution in [0.5, 0.6) is 17.2 Å². The van der Waals surface area contributed by atoms with Crippen LogP contribution in [0.1, 0.15) is 30.0 Å². The monoisotopic (exact) mass is 538 g/mol. The number of nitrogens with zero attached hydrogens (tertiary/aromatic N) is 2. The van der Waals surface area contributed by atoms with Crippen molar-refractivity contribution in [3.63, 3.8) is 0 Å². The van der Waals surface area contributed by atoms with Crippen molar-refractivity contribution in [1.82, 2.24) is 15.5 Å². The summed E-state index contributed by atoms with van der Waals surface area (Å²) in [5.41, 5.74) is 2.38. The lowest BCUT2D eigenvalue weighted by molar-refractivity contribution is 0.174. The zero-order valence-electron chi connectivity index (χ0n) is 18.1. The molecule has 0 spiro atoms. The van der Waals surface area contributed by atoms with Crippen molar-refractivity contribution in [2.75, 3.05) is 40.6 Å². The quantitative estimate of drug-likeness (QED) is 0.320. The van der Waals surface area contributed by atoms with E-state index >= 15 is 0 Å². The minimum Gasteiger partial charge on any atom is -0.497 e. The molecular weight excluding hydrogens is 507 g/mol. The van der Waals surface area contributed by atoms with Gasteiger partial charge in [-0.15, -0.1) is 24.0 Å². The zero-order chi connectivity index (χ0) is 20.8. The third kappa shape index (κ3) is 5.94. The summed E-state index contributed by atoms with van der Waals surface area (Å²) >= 11 is 0. The fourth-order valence-corrected chi connectivity index (χ4v) is 4.01. The molecule has 1 saturated heterocycles. The minimum atomic E-state index is 0. The van der Waals surface area contributed by atoms with Crippen LogP contribution in [0.2, 0.25) is 0 Å². The fourth-order valence-electron chi connectivity index (χ4n) is 4.01. The summed E-state index contributed by atoms with van der Waals surface area (Å²) in [5.74, 6) is 3.26. The Labute approximate surface area is 201 Å².